The van der Waals surface area contributed by atoms with Crippen LogP contribution in [0.3, 0.4) is 0 Å². The topological polar surface area (TPSA) is 134 Å². The van der Waals surface area contributed by atoms with Crippen LogP contribution in [-0.4, -0.2) is 63.2 Å². The lowest BCUT2D eigenvalue weighted by atomic mass is 9.85. The molecule has 2 N–H and O–H groups in total. The predicted octanol–water partition coefficient (Wildman–Crippen LogP) is 4.06. The first-order valence-electron chi connectivity index (χ1n) is 13.3. The summed E-state index contributed by atoms with van der Waals surface area (Å²) < 4.78 is 5.16. The van der Waals surface area contributed by atoms with Gasteiger partial charge in [-0.15, -0.1) is 0 Å². The number of hydrogen-bond acceptors (Lipinski definition) is 11. The summed E-state index contributed by atoms with van der Waals surface area (Å²) in [6.45, 7) is 8.60. The Kier molecular flexibility index (Phi) is 7.92. The number of thiazole rings is 1. The highest BCUT2D eigenvalue weighted by molar-refractivity contribution is 7.17. The maximum Gasteiger partial charge on any atom is 0.350 e. The van der Waals surface area contributed by atoms with Gasteiger partial charge in [-0.25, -0.2) is 9.78 Å². The molecule has 2 aliphatic rings. The molecule has 2 aliphatic heterocycles. The molecule has 0 saturated carbocycles. The third-order valence-electron chi connectivity index (χ3n) is 7.40. The van der Waals surface area contributed by atoms with Crippen LogP contribution >= 0.6 is 11.3 Å². The minimum Gasteiger partial charge on any atom is -0.481 e. The highest BCUT2D eigenvalue weighted by atomic mass is 32.1. The van der Waals surface area contributed by atoms with Crippen LogP contribution in [0.1, 0.15) is 53.2 Å². The van der Waals surface area contributed by atoms with E-state index in [9.17, 15) is 14.7 Å². The minimum absolute atomic E-state index is 0.146. The molecule has 3 aromatic rings. The highest BCUT2D eigenvalue weighted by Gasteiger charge is 2.33. The molecule has 0 radical (unpaired) electrons. The van der Waals surface area contributed by atoms with Crippen LogP contribution in [0.25, 0.3) is 0 Å². The van der Waals surface area contributed by atoms with E-state index in [1.807, 2.05) is 12.3 Å². The number of carbonyl (C=O) groups excluding carboxylic acids is 1. The molecule has 5 rings (SSSR count). The van der Waals surface area contributed by atoms with E-state index < -0.39 is 11.9 Å². The molecule has 0 aromatic carbocycles. The van der Waals surface area contributed by atoms with Crippen molar-refractivity contribution in [2.75, 3.05) is 41.4 Å². The Hall–Kier alpha value is -3.80. The monoisotopic (exact) mass is 551 g/mol. The average molecular weight is 552 g/mol. The van der Waals surface area contributed by atoms with Gasteiger partial charge < -0.3 is 19.6 Å². The molecule has 0 aliphatic carbocycles. The third-order valence-corrected chi connectivity index (χ3v) is 8.46. The molecule has 3 aromatic heterocycles. The molecule has 0 spiro atoms. The lowest BCUT2D eigenvalue weighted by Gasteiger charge is -2.35. The molecule has 0 amide bonds. The van der Waals surface area contributed by atoms with Crippen LogP contribution in [0.5, 0.6) is 0 Å². The molecule has 1 atom stereocenters. The summed E-state index contributed by atoms with van der Waals surface area (Å²) in [4.78, 5) is 47.4. The van der Waals surface area contributed by atoms with E-state index in [-0.39, 0.29) is 11.8 Å². The van der Waals surface area contributed by atoms with Gasteiger partial charge in [-0.2, -0.15) is 9.97 Å². The van der Waals surface area contributed by atoms with Gasteiger partial charge >= 0.3 is 11.9 Å². The Labute approximate surface area is 231 Å². The predicted molar refractivity (Wildman–Crippen MR) is 149 cm³/mol. The first kappa shape index (κ1) is 26.8. The lowest BCUT2D eigenvalue weighted by Crippen LogP contribution is -2.38. The lowest BCUT2D eigenvalue weighted by molar-refractivity contribution is -0.143. The number of anilines is 4. The zero-order valence-corrected chi connectivity index (χ0v) is 23.2. The second kappa shape index (κ2) is 11.5. The summed E-state index contributed by atoms with van der Waals surface area (Å²) in [5, 5.41) is 13.2. The van der Waals surface area contributed by atoms with Gasteiger partial charge in [-0.1, -0.05) is 24.3 Å². The van der Waals surface area contributed by atoms with Gasteiger partial charge in [0.1, 0.15) is 16.5 Å². The number of piperidine rings is 1. The largest absolute Gasteiger partial charge is 0.481 e. The molecule has 206 valence electrons. The van der Waals surface area contributed by atoms with Crippen LogP contribution < -0.4 is 15.1 Å². The zero-order valence-electron chi connectivity index (χ0n) is 22.4. The van der Waals surface area contributed by atoms with Crippen molar-refractivity contribution in [1.82, 2.24) is 19.9 Å². The van der Waals surface area contributed by atoms with Gasteiger partial charge in [0.2, 0.25) is 5.95 Å². The quantitative estimate of drug-likeness (QED) is 0.373. The average Bonchev–Trinajstić information content (AvgIpc) is 3.51. The van der Waals surface area contributed by atoms with Crippen molar-refractivity contribution in [2.45, 2.75) is 46.6 Å². The fourth-order valence-electron chi connectivity index (χ4n) is 5.23. The van der Waals surface area contributed by atoms with Crippen LogP contribution in [0.15, 0.2) is 24.5 Å². The Balaban J connectivity index is 1.44. The summed E-state index contributed by atoms with van der Waals surface area (Å²) in [6.07, 6.45) is 6.04. The van der Waals surface area contributed by atoms with Crippen LogP contribution in [-0.2, 0) is 22.5 Å². The number of carbonyl (C=O) groups is 2. The number of fused-ring (bicyclic) bond motifs is 1. The number of aliphatic carboxylic acids is 1. The van der Waals surface area contributed by atoms with Crippen molar-refractivity contribution in [3.63, 3.8) is 0 Å². The fourth-order valence-corrected chi connectivity index (χ4v) is 6.08. The van der Waals surface area contributed by atoms with Crippen LogP contribution in [0.4, 0.5) is 22.7 Å². The van der Waals surface area contributed by atoms with E-state index in [0.717, 1.165) is 61.7 Å². The summed E-state index contributed by atoms with van der Waals surface area (Å²) in [6, 6.07) is 3.98. The molecule has 1 unspecified atom stereocenters. The number of rotatable bonds is 9. The van der Waals surface area contributed by atoms with E-state index >= 15 is 0 Å². The van der Waals surface area contributed by atoms with E-state index in [1.165, 1.54) is 11.3 Å². The molecule has 5 heterocycles. The molecule has 0 bridgehead atoms. The Bertz CT molecular complexity index is 1340. The molecule has 12 heteroatoms. The van der Waals surface area contributed by atoms with Crippen LogP contribution in [0, 0.1) is 18.8 Å². The van der Waals surface area contributed by atoms with Gasteiger partial charge in [-0.3, -0.25) is 15.1 Å². The summed E-state index contributed by atoms with van der Waals surface area (Å²) in [5.41, 5.74) is 2.78. The Morgan fingerprint density at radius 3 is 2.67 bits per heavy atom. The van der Waals surface area contributed by atoms with E-state index in [2.05, 4.69) is 31.2 Å². The number of carboxylic acids is 1. The molecule has 1 saturated heterocycles. The van der Waals surface area contributed by atoms with Gasteiger partial charge in [-0.05, 0) is 50.7 Å². The number of nitrogens with one attached hydrogen (secondary N) is 1. The number of hydrogen-bond donors (Lipinski definition) is 2. The summed E-state index contributed by atoms with van der Waals surface area (Å²) in [5.74, 6) is 0.798. The van der Waals surface area contributed by atoms with E-state index in [4.69, 9.17) is 14.7 Å². The summed E-state index contributed by atoms with van der Waals surface area (Å²) >= 11 is 1.22. The van der Waals surface area contributed by atoms with Crippen molar-refractivity contribution in [3.8, 4) is 0 Å². The number of aromatic nitrogens is 4. The van der Waals surface area contributed by atoms with Gasteiger partial charge in [0.25, 0.3) is 0 Å². The second-order valence-corrected chi connectivity index (χ2v) is 10.9. The normalized spacial score (nSPS) is 16.2. The molecule has 11 nitrogen and oxygen atoms in total. The second-order valence-electron chi connectivity index (χ2n) is 9.94. The minimum atomic E-state index is -0.741. The van der Waals surface area contributed by atoms with Gasteiger partial charge in [0, 0.05) is 44.1 Å². The zero-order chi connectivity index (χ0) is 27.5. The number of pyridine rings is 1. The first-order valence-corrected chi connectivity index (χ1v) is 14.1. The van der Waals surface area contributed by atoms with E-state index in [0.29, 0.717) is 34.8 Å². The Morgan fingerprint density at radius 1 is 1.21 bits per heavy atom. The fraction of sp³-hybridized carbons (Fsp3) is 0.481. The van der Waals surface area contributed by atoms with Crippen molar-refractivity contribution in [3.05, 3.63) is 46.2 Å². The molecular weight excluding hydrogens is 518 g/mol. The summed E-state index contributed by atoms with van der Waals surface area (Å²) in [7, 11) is 0. The number of carboxylic acid groups (broad SMARTS) is 1. The van der Waals surface area contributed by atoms with Crippen molar-refractivity contribution in [1.29, 1.82) is 0 Å². The maximum atomic E-state index is 12.3. The van der Waals surface area contributed by atoms with Crippen molar-refractivity contribution >= 4 is 46.0 Å². The van der Waals surface area contributed by atoms with Gasteiger partial charge in [0.15, 0.2) is 5.13 Å². The SMILES string of the molecule is CCOC(=O)c1sc(Nc2nc(N3CCC(C(C)C(=O)O)CC3)c3c(n2)N(Cc2cccnc2)CC3)nc1C. The highest BCUT2D eigenvalue weighted by Crippen LogP contribution is 2.38. The van der Waals surface area contributed by atoms with Crippen molar-refractivity contribution < 1.29 is 19.4 Å². The van der Waals surface area contributed by atoms with Crippen molar-refractivity contribution in [2.24, 2.45) is 11.8 Å². The Morgan fingerprint density at radius 2 is 1.97 bits per heavy atom. The maximum absolute atomic E-state index is 12.3. The number of nitrogens with zero attached hydrogens (tertiary/aromatic N) is 6. The number of aryl methyl sites for hydroxylation is 1. The molecular formula is C27H33N7O4S. The standard InChI is InChI=1S/C27H33N7O4S/c1-4-38-25(37)21-17(3)29-27(39-21)32-26-30-22(33-11-7-19(8-12-33)16(2)24(35)36)20-9-13-34(23(20)31-26)15-18-6-5-10-28-14-18/h5-6,10,14,16,19H,4,7-9,11-13,15H2,1-3H3,(H,35,36)(H,29,30,31,32). The van der Waals surface area contributed by atoms with Crippen LogP contribution in [0.2, 0.25) is 0 Å². The number of esters is 1. The third kappa shape index (κ3) is 5.80. The van der Waals surface area contributed by atoms with Gasteiger partial charge in [0.05, 0.1) is 18.2 Å². The molecule has 39 heavy (non-hydrogen) atoms. The number of ether oxygens (including phenoxy) is 1. The van der Waals surface area contributed by atoms with E-state index in [1.54, 1.807) is 27.0 Å². The first-order chi connectivity index (χ1) is 18.8. The smallest absolute Gasteiger partial charge is 0.350 e. The molecule has 1 fully saturated rings.